The maximum absolute atomic E-state index is 13.1. The third-order valence-corrected chi connectivity index (χ3v) is 5.42. The normalized spacial score (nSPS) is 14.1. The molecule has 2 rings (SSSR count). The fourth-order valence-corrected chi connectivity index (χ4v) is 3.43. The fraction of sp³-hybridized carbons (Fsp3) is 0.364. The number of nitrogens with two attached hydrogens (primary N) is 1. The van der Waals surface area contributed by atoms with Crippen molar-refractivity contribution in [2.45, 2.75) is 43.4 Å². The Labute approximate surface area is 211 Å². The fourth-order valence-electron chi connectivity index (χ4n) is 3.17. The van der Waals surface area contributed by atoms with Gasteiger partial charge >= 0.3 is 11.9 Å². The Morgan fingerprint density at radius 3 is 2.08 bits per heavy atom. The molecule has 0 radical (unpaired) electrons. The van der Waals surface area contributed by atoms with Crippen LogP contribution in [-0.2, 0) is 36.8 Å². The van der Waals surface area contributed by atoms with Gasteiger partial charge in [0.15, 0.2) is 0 Å². The molecule has 194 valence electrons. The Morgan fingerprint density at radius 1 is 0.917 bits per heavy atom. The van der Waals surface area contributed by atoms with Crippen molar-refractivity contribution in [3.63, 3.8) is 0 Å². The van der Waals surface area contributed by atoms with Crippen LogP contribution >= 0.6 is 12.6 Å². The van der Waals surface area contributed by atoms with Gasteiger partial charge in [0.25, 0.3) is 0 Å². The molecule has 0 aliphatic rings. The van der Waals surface area contributed by atoms with Gasteiger partial charge in [-0.15, -0.1) is 0 Å². The minimum Gasteiger partial charge on any atom is -0.481 e. The first kappa shape index (κ1) is 28.3. The van der Waals surface area contributed by atoms with Crippen molar-refractivity contribution in [2.75, 3.05) is 5.75 Å². The van der Waals surface area contributed by atoms with Crippen LogP contribution in [0.4, 0.5) is 0 Å². The first-order chi connectivity index (χ1) is 17.1. The standard InChI is InChI=1S/C22H28N6O7S/c23-14(8-18(29)30)19(31)28-17(10-36)21(33)26-15(7-13-9-24-11-25-13)20(32)27-16(22(34)35)6-12-4-2-1-3-5-12/h1-5,9,11,14-17,36H,6-8,10,23H2,(H,24,25)(H,26,33)(H,27,32)(H,28,31)(H,29,30)(H,34,35). The lowest BCUT2D eigenvalue weighted by Gasteiger charge is -2.24. The number of aromatic amines is 1. The predicted molar refractivity (Wildman–Crippen MR) is 130 cm³/mol. The number of nitrogens with one attached hydrogen (secondary N) is 4. The summed E-state index contributed by atoms with van der Waals surface area (Å²) < 4.78 is 0. The molecule has 0 saturated carbocycles. The molecule has 8 N–H and O–H groups in total. The Hall–Kier alpha value is -3.91. The van der Waals surface area contributed by atoms with Crippen LogP contribution in [0.25, 0.3) is 0 Å². The zero-order valence-corrected chi connectivity index (χ0v) is 20.0. The molecule has 1 aromatic carbocycles. The van der Waals surface area contributed by atoms with E-state index < -0.39 is 60.2 Å². The van der Waals surface area contributed by atoms with Gasteiger partial charge in [0.2, 0.25) is 17.7 Å². The van der Waals surface area contributed by atoms with Crippen molar-refractivity contribution >= 4 is 42.3 Å². The zero-order valence-electron chi connectivity index (χ0n) is 19.1. The van der Waals surface area contributed by atoms with Crippen LogP contribution in [0, 0.1) is 0 Å². The second kappa shape index (κ2) is 13.8. The summed E-state index contributed by atoms with van der Waals surface area (Å²) in [7, 11) is 0. The first-order valence-corrected chi connectivity index (χ1v) is 11.5. The van der Waals surface area contributed by atoms with Crippen molar-refractivity contribution in [3.8, 4) is 0 Å². The molecule has 14 heteroatoms. The quantitative estimate of drug-likeness (QED) is 0.135. The molecule has 0 aliphatic heterocycles. The van der Waals surface area contributed by atoms with Crippen molar-refractivity contribution in [1.29, 1.82) is 0 Å². The topological polar surface area (TPSA) is 217 Å². The highest BCUT2D eigenvalue weighted by Gasteiger charge is 2.30. The molecule has 0 spiro atoms. The summed E-state index contributed by atoms with van der Waals surface area (Å²) in [5, 5.41) is 25.6. The van der Waals surface area contributed by atoms with E-state index in [2.05, 4.69) is 38.5 Å². The molecule has 1 heterocycles. The number of amides is 3. The molecule has 3 amide bonds. The summed E-state index contributed by atoms with van der Waals surface area (Å²) in [5.41, 5.74) is 6.70. The molecule has 0 bridgehead atoms. The SMILES string of the molecule is NC(CC(=O)O)C(=O)NC(CS)C(=O)NC(Cc1cnc[nH]1)C(=O)NC(Cc1ccccc1)C(=O)O. The number of thiol groups is 1. The third kappa shape index (κ3) is 9.03. The molecule has 1 aromatic heterocycles. The highest BCUT2D eigenvalue weighted by Crippen LogP contribution is 2.06. The highest BCUT2D eigenvalue weighted by molar-refractivity contribution is 7.80. The summed E-state index contributed by atoms with van der Waals surface area (Å²) in [6.07, 6.45) is 2.13. The number of carboxylic acid groups (broad SMARTS) is 2. The predicted octanol–water partition coefficient (Wildman–Crippen LogP) is -1.53. The van der Waals surface area contributed by atoms with Gasteiger partial charge in [-0.25, -0.2) is 9.78 Å². The number of carboxylic acids is 2. The maximum atomic E-state index is 13.1. The molecular formula is C22H28N6O7S. The molecule has 13 nitrogen and oxygen atoms in total. The lowest BCUT2D eigenvalue weighted by molar-refractivity contribution is -0.142. The summed E-state index contributed by atoms with van der Waals surface area (Å²) >= 11 is 4.04. The van der Waals surface area contributed by atoms with Crippen LogP contribution < -0.4 is 21.7 Å². The van der Waals surface area contributed by atoms with Gasteiger partial charge in [0.1, 0.15) is 18.1 Å². The summed E-state index contributed by atoms with van der Waals surface area (Å²) in [6, 6.07) is 3.57. The molecule has 0 aliphatic carbocycles. The van der Waals surface area contributed by atoms with Crippen LogP contribution in [0.5, 0.6) is 0 Å². The van der Waals surface area contributed by atoms with E-state index in [1.54, 1.807) is 30.3 Å². The van der Waals surface area contributed by atoms with Crippen molar-refractivity contribution in [1.82, 2.24) is 25.9 Å². The van der Waals surface area contributed by atoms with E-state index in [0.717, 1.165) is 0 Å². The Bertz CT molecular complexity index is 1050. The van der Waals surface area contributed by atoms with Crippen molar-refractivity contribution < 1.29 is 34.2 Å². The highest BCUT2D eigenvalue weighted by atomic mass is 32.1. The van der Waals surface area contributed by atoms with Crippen molar-refractivity contribution in [2.24, 2.45) is 5.73 Å². The average molecular weight is 521 g/mol. The molecule has 4 unspecified atom stereocenters. The number of hydrogen-bond acceptors (Lipinski definition) is 8. The molecule has 0 saturated heterocycles. The number of rotatable bonds is 14. The summed E-state index contributed by atoms with van der Waals surface area (Å²) in [6.45, 7) is 0. The number of benzene rings is 1. The number of carbonyl (C=O) groups excluding carboxylic acids is 3. The van der Waals surface area contributed by atoms with E-state index >= 15 is 0 Å². The molecule has 4 atom stereocenters. The van der Waals surface area contributed by atoms with Crippen LogP contribution in [0.1, 0.15) is 17.7 Å². The lowest BCUT2D eigenvalue weighted by Crippen LogP contribution is -2.58. The minimum absolute atomic E-state index is 0.0173. The zero-order chi connectivity index (χ0) is 26.7. The lowest BCUT2D eigenvalue weighted by atomic mass is 10.0. The van der Waals surface area contributed by atoms with Crippen molar-refractivity contribution in [3.05, 3.63) is 54.1 Å². The van der Waals surface area contributed by atoms with E-state index in [1.807, 2.05) is 0 Å². The van der Waals surface area contributed by atoms with E-state index in [-0.39, 0.29) is 18.6 Å². The summed E-state index contributed by atoms with van der Waals surface area (Å²) in [5.74, 6) is -5.17. The smallest absolute Gasteiger partial charge is 0.326 e. The number of hydrogen-bond donors (Lipinski definition) is 8. The van der Waals surface area contributed by atoms with Gasteiger partial charge in [0.05, 0.1) is 18.8 Å². The number of nitrogens with zero attached hydrogens (tertiary/aromatic N) is 1. The van der Waals surface area contributed by atoms with Gasteiger partial charge in [-0.3, -0.25) is 19.2 Å². The number of carbonyl (C=O) groups is 5. The second-order valence-electron chi connectivity index (χ2n) is 7.88. The van der Waals surface area contributed by atoms with E-state index in [9.17, 15) is 29.1 Å². The molecular weight excluding hydrogens is 492 g/mol. The monoisotopic (exact) mass is 520 g/mol. The van der Waals surface area contributed by atoms with E-state index in [0.29, 0.717) is 11.3 Å². The minimum atomic E-state index is -1.39. The van der Waals surface area contributed by atoms with Crippen LogP contribution in [-0.4, -0.2) is 79.8 Å². The van der Waals surface area contributed by atoms with Gasteiger partial charge in [-0.1, -0.05) is 30.3 Å². The number of aliphatic carboxylic acids is 2. The summed E-state index contributed by atoms with van der Waals surface area (Å²) in [4.78, 5) is 67.3. The Balaban J connectivity index is 2.14. The second-order valence-corrected chi connectivity index (χ2v) is 8.24. The average Bonchev–Trinajstić information content (AvgIpc) is 3.34. The van der Waals surface area contributed by atoms with Crippen LogP contribution in [0.15, 0.2) is 42.9 Å². The van der Waals surface area contributed by atoms with E-state index in [1.165, 1.54) is 12.5 Å². The molecule has 0 fully saturated rings. The van der Waals surface area contributed by atoms with Crippen LogP contribution in [0.3, 0.4) is 0 Å². The third-order valence-electron chi connectivity index (χ3n) is 5.06. The van der Waals surface area contributed by atoms with Gasteiger partial charge in [-0.05, 0) is 5.56 Å². The number of H-pyrrole nitrogens is 1. The van der Waals surface area contributed by atoms with Gasteiger partial charge in [0, 0.05) is 30.5 Å². The van der Waals surface area contributed by atoms with Gasteiger partial charge in [-0.2, -0.15) is 12.6 Å². The number of imidazole rings is 1. The first-order valence-electron chi connectivity index (χ1n) is 10.8. The number of aromatic nitrogens is 2. The Kier molecular flexibility index (Phi) is 10.9. The van der Waals surface area contributed by atoms with E-state index in [4.69, 9.17) is 10.8 Å². The maximum Gasteiger partial charge on any atom is 0.326 e. The molecule has 2 aromatic rings. The van der Waals surface area contributed by atoms with Crippen LogP contribution in [0.2, 0.25) is 0 Å². The molecule has 36 heavy (non-hydrogen) atoms. The largest absolute Gasteiger partial charge is 0.481 e. The Morgan fingerprint density at radius 2 is 1.53 bits per heavy atom. The van der Waals surface area contributed by atoms with Gasteiger partial charge < -0.3 is 36.9 Å².